The Morgan fingerprint density at radius 3 is 2.26 bits per heavy atom. The number of nitrogens with zero attached hydrogens (tertiary/aromatic N) is 1. The predicted octanol–water partition coefficient (Wildman–Crippen LogP) is 8.78. The molecule has 1 nitrogen and oxygen atoms in total. The quantitative estimate of drug-likeness (QED) is 0.375. The van der Waals surface area contributed by atoms with Gasteiger partial charge in [0, 0.05) is 23.5 Å². The van der Waals surface area contributed by atoms with E-state index in [2.05, 4.69) is 126 Å². The van der Waals surface area contributed by atoms with E-state index in [1.165, 1.54) is 53.6 Å². The van der Waals surface area contributed by atoms with Crippen LogP contribution in [0.2, 0.25) is 0 Å². The van der Waals surface area contributed by atoms with Gasteiger partial charge in [-0.3, -0.25) is 0 Å². The van der Waals surface area contributed by atoms with Gasteiger partial charge in [0.25, 0.3) is 0 Å². The van der Waals surface area contributed by atoms with E-state index in [1.54, 1.807) is 5.57 Å². The monoisotopic (exact) mass is 507 g/mol. The second-order valence-corrected chi connectivity index (χ2v) is 12.1. The summed E-state index contributed by atoms with van der Waals surface area (Å²) >= 11 is 0. The van der Waals surface area contributed by atoms with Crippen molar-refractivity contribution in [2.24, 2.45) is 17.8 Å². The van der Waals surface area contributed by atoms with Gasteiger partial charge in [-0.15, -0.1) is 0 Å². The van der Waals surface area contributed by atoms with Crippen molar-refractivity contribution in [1.29, 1.82) is 0 Å². The van der Waals surface area contributed by atoms with E-state index in [1.807, 2.05) is 0 Å². The third kappa shape index (κ3) is 3.73. The number of benzene rings is 2. The van der Waals surface area contributed by atoms with Crippen molar-refractivity contribution in [3.8, 4) is 0 Å². The standard InChI is InChI=1S/C38H37N/c1-2-12-26(13-3-1)37-31-16-4-6-18-33(31)38(34-19-7-5-17-32(34)37)27-22-24-28(25-23-27)39-35-20-10-8-14-29(35)30-15-9-11-21-36(30)39/h1-7,10-13,16-24,28-29,31,33,35,37-38H,8-9,14-15,25H2. The zero-order valence-corrected chi connectivity index (χ0v) is 22.6. The van der Waals surface area contributed by atoms with E-state index in [9.17, 15) is 0 Å². The SMILES string of the molecule is C1=CC2C(C3=CCC(N4C5=C(CCC=C5)C5CCC=CC54)C=C3)c3ccccc3C(c3ccccc3)C2C=C1. The van der Waals surface area contributed by atoms with Gasteiger partial charge in [0.05, 0.1) is 12.1 Å². The number of allylic oxidation sites excluding steroid dienone is 9. The Morgan fingerprint density at radius 2 is 1.46 bits per heavy atom. The molecule has 0 spiro atoms. The summed E-state index contributed by atoms with van der Waals surface area (Å²) < 4.78 is 0. The molecule has 0 aromatic heterocycles. The molecule has 8 rings (SSSR count). The Balaban J connectivity index is 1.15. The third-order valence-corrected chi connectivity index (χ3v) is 10.3. The maximum atomic E-state index is 2.77. The van der Waals surface area contributed by atoms with E-state index >= 15 is 0 Å². The highest BCUT2D eigenvalue weighted by atomic mass is 15.2. The van der Waals surface area contributed by atoms with Crippen LogP contribution in [0.3, 0.4) is 0 Å². The van der Waals surface area contributed by atoms with Crippen LogP contribution in [0.25, 0.3) is 0 Å². The number of fused-ring (bicyclic) bond motifs is 4. The Morgan fingerprint density at radius 1 is 0.692 bits per heavy atom. The molecule has 2 aromatic rings. The summed E-state index contributed by atoms with van der Waals surface area (Å²) in [5.41, 5.74) is 9.21. The average Bonchev–Trinajstić information content (AvgIpc) is 3.35. The van der Waals surface area contributed by atoms with Crippen molar-refractivity contribution in [2.45, 2.75) is 56.0 Å². The second-order valence-electron chi connectivity index (χ2n) is 12.1. The first-order valence-electron chi connectivity index (χ1n) is 15.1. The lowest BCUT2D eigenvalue weighted by atomic mass is 9.59. The van der Waals surface area contributed by atoms with Gasteiger partial charge in [-0.1, -0.05) is 115 Å². The first kappa shape index (κ1) is 23.3. The normalized spacial score (nSPS) is 33.9. The molecule has 1 aliphatic heterocycles. The van der Waals surface area contributed by atoms with Gasteiger partial charge in [-0.25, -0.2) is 0 Å². The number of hydrogen-bond acceptors (Lipinski definition) is 1. The van der Waals surface area contributed by atoms with E-state index in [-0.39, 0.29) is 0 Å². The smallest absolute Gasteiger partial charge is 0.0545 e. The van der Waals surface area contributed by atoms with E-state index in [0.29, 0.717) is 41.7 Å². The van der Waals surface area contributed by atoms with Crippen LogP contribution in [-0.4, -0.2) is 17.0 Å². The second kappa shape index (κ2) is 9.56. The third-order valence-electron chi connectivity index (χ3n) is 10.3. The summed E-state index contributed by atoms with van der Waals surface area (Å²) in [6.07, 6.45) is 33.0. The molecule has 0 saturated heterocycles. The van der Waals surface area contributed by atoms with Gasteiger partial charge < -0.3 is 4.90 Å². The highest BCUT2D eigenvalue weighted by Crippen LogP contribution is 2.54. The van der Waals surface area contributed by atoms with E-state index in [4.69, 9.17) is 0 Å². The molecular weight excluding hydrogens is 470 g/mol. The maximum absolute atomic E-state index is 2.77. The number of hydrogen-bond donors (Lipinski definition) is 0. The van der Waals surface area contributed by atoms with Gasteiger partial charge in [0.2, 0.25) is 0 Å². The Kier molecular flexibility index (Phi) is 5.72. The molecule has 0 saturated carbocycles. The van der Waals surface area contributed by atoms with Crippen LogP contribution in [0.4, 0.5) is 0 Å². The molecule has 0 radical (unpaired) electrons. The fourth-order valence-electron chi connectivity index (χ4n) is 8.67. The molecule has 7 atom stereocenters. The molecule has 0 bridgehead atoms. The summed E-state index contributed by atoms with van der Waals surface area (Å²) in [5.74, 6) is 2.45. The summed E-state index contributed by atoms with van der Waals surface area (Å²) in [4.78, 5) is 2.77. The predicted molar refractivity (Wildman–Crippen MR) is 161 cm³/mol. The summed E-state index contributed by atoms with van der Waals surface area (Å²) in [6.45, 7) is 0. The lowest BCUT2D eigenvalue weighted by Gasteiger charge is -2.45. The fourth-order valence-corrected chi connectivity index (χ4v) is 8.67. The van der Waals surface area contributed by atoms with Crippen LogP contribution >= 0.6 is 0 Å². The maximum Gasteiger partial charge on any atom is 0.0545 e. The molecule has 39 heavy (non-hydrogen) atoms. The molecule has 0 N–H and O–H groups in total. The lowest BCUT2D eigenvalue weighted by Crippen LogP contribution is -2.41. The summed E-state index contributed by atoms with van der Waals surface area (Å²) in [6, 6.07) is 21.4. The van der Waals surface area contributed by atoms with Crippen molar-refractivity contribution < 1.29 is 0 Å². The highest BCUT2D eigenvalue weighted by molar-refractivity contribution is 5.52. The average molecular weight is 508 g/mol. The molecule has 0 amide bonds. The molecule has 5 aliphatic carbocycles. The van der Waals surface area contributed by atoms with Gasteiger partial charge in [-0.05, 0) is 77.9 Å². The van der Waals surface area contributed by atoms with Gasteiger partial charge in [0.15, 0.2) is 0 Å². The first-order valence-corrected chi connectivity index (χ1v) is 15.1. The fraction of sp³-hybridized carbons (Fsp3) is 0.316. The van der Waals surface area contributed by atoms with Crippen LogP contribution in [0, 0.1) is 17.8 Å². The van der Waals surface area contributed by atoms with Crippen molar-refractivity contribution >= 4 is 0 Å². The number of rotatable bonds is 3. The lowest BCUT2D eigenvalue weighted by molar-refractivity contribution is 0.233. The largest absolute Gasteiger partial charge is 0.358 e. The molecule has 0 fully saturated rings. The molecule has 1 heteroatoms. The minimum absolute atomic E-state index is 0.397. The minimum atomic E-state index is 0.397. The van der Waals surface area contributed by atoms with Crippen LogP contribution in [0.15, 0.2) is 138 Å². The molecule has 194 valence electrons. The van der Waals surface area contributed by atoms with Crippen molar-refractivity contribution in [3.63, 3.8) is 0 Å². The Labute approximate surface area is 233 Å². The van der Waals surface area contributed by atoms with Crippen molar-refractivity contribution in [1.82, 2.24) is 4.90 Å². The van der Waals surface area contributed by atoms with Crippen LogP contribution in [0.5, 0.6) is 0 Å². The van der Waals surface area contributed by atoms with E-state index < -0.39 is 0 Å². The molecule has 1 heterocycles. The topological polar surface area (TPSA) is 3.24 Å². The van der Waals surface area contributed by atoms with Gasteiger partial charge in [-0.2, -0.15) is 0 Å². The van der Waals surface area contributed by atoms with Gasteiger partial charge >= 0.3 is 0 Å². The van der Waals surface area contributed by atoms with Crippen molar-refractivity contribution in [3.05, 3.63) is 155 Å². The van der Waals surface area contributed by atoms with Gasteiger partial charge in [0.1, 0.15) is 0 Å². The van der Waals surface area contributed by atoms with Crippen LogP contribution < -0.4 is 0 Å². The highest BCUT2D eigenvalue weighted by Gasteiger charge is 2.44. The van der Waals surface area contributed by atoms with Crippen LogP contribution in [-0.2, 0) is 0 Å². The molecular formula is C38H37N. The Bertz CT molecular complexity index is 1480. The first-order chi connectivity index (χ1) is 19.4. The summed E-state index contributed by atoms with van der Waals surface area (Å²) in [7, 11) is 0. The van der Waals surface area contributed by atoms with Crippen molar-refractivity contribution in [2.75, 3.05) is 0 Å². The molecule has 6 aliphatic rings. The molecule has 2 aromatic carbocycles. The zero-order chi connectivity index (χ0) is 25.8. The summed E-state index contributed by atoms with van der Waals surface area (Å²) in [5, 5.41) is 0. The Hall–Kier alpha value is -3.58. The van der Waals surface area contributed by atoms with E-state index in [0.717, 1.165) is 6.42 Å². The van der Waals surface area contributed by atoms with Crippen LogP contribution in [0.1, 0.15) is 60.6 Å². The zero-order valence-electron chi connectivity index (χ0n) is 22.6. The molecule has 7 unspecified atom stereocenters. The minimum Gasteiger partial charge on any atom is -0.358 e.